The molecule has 0 radical (unpaired) electrons. The molecular formula is C12H15N3O4. The molecule has 0 saturated heterocycles. The van der Waals surface area contributed by atoms with Crippen LogP contribution in [0.5, 0.6) is 11.5 Å². The van der Waals surface area contributed by atoms with Crippen molar-refractivity contribution in [3.05, 3.63) is 24.1 Å². The van der Waals surface area contributed by atoms with Crippen molar-refractivity contribution >= 4 is 0 Å². The lowest BCUT2D eigenvalue weighted by atomic mass is 10.2. The van der Waals surface area contributed by atoms with E-state index in [4.69, 9.17) is 24.8 Å². The third-order valence-electron chi connectivity index (χ3n) is 2.60. The van der Waals surface area contributed by atoms with E-state index >= 15 is 0 Å². The lowest BCUT2D eigenvalue weighted by Gasteiger charge is -2.07. The number of ether oxygens (including phenoxy) is 2. The first-order valence-corrected chi connectivity index (χ1v) is 5.62. The van der Waals surface area contributed by atoms with E-state index in [0.29, 0.717) is 22.9 Å². The van der Waals surface area contributed by atoms with Gasteiger partial charge in [-0.05, 0) is 18.2 Å². The van der Waals surface area contributed by atoms with E-state index in [-0.39, 0.29) is 12.5 Å². The Hall–Kier alpha value is -2.12. The van der Waals surface area contributed by atoms with Crippen LogP contribution in [0.15, 0.2) is 22.7 Å². The van der Waals surface area contributed by atoms with Crippen molar-refractivity contribution in [3.63, 3.8) is 0 Å². The van der Waals surface area contributed by atoms with Crippen molar-refractivity contribution in [2.24, 2.45) is 5.73 Å². The maximum atomic E-state index is 8.93. The van der Waals surface area contributed by atoms with Crippen molar-refractivity contribution in [1.29, 1.82) is 0 Å². The third-order valence-corrected chi connectivity index (χ3v) is 2.60. The maximum Gasteiger partial charge on any atom is 0.246 e. The highest BCUT2D eigenvalue weighted by Gasteiger charge is 2.16. The molecule has 1 atom stereocenters. The Morgan fingerprint density at radius 3 is 2.68 bits per heavy atom. The molecular weight excluding hydrogens is 250 g/mol. The number of hydrogen-bond donors (Lipinski definition) is 2. The minimum absolute atomic E-state index is 0.187. The van der Waals surface area contributed by atoms with Gasteiger partial charge < -0.3 is 24.8 Å². The number of aliphatic hydroxyl groups is 1. The van der Waals surface area contributed by atoms with Gasteiger partial charge in [-0.15, -0.1) is 0 Å². The van der Waals surface area contributed by atoms with Crippen molar-refractivity contribution in [1.82, 2.24) is 10.1 Å². The first-order valence-electron chi connectivity index (χ1n) is 5.62. The number of aliphatic hydroxyl groups excluding tert-OH is 1. The van der Waals surface area contributed by atoms with Gasteiger partial charge in [0.2, 0.25) is 11.7 Å². The van der Waals surface area contributed by atoms with Crippen LogP contribution in [-0.4, -0.2) is 36.1 Å². The molecule has 0 amide bonds. The summed E-state index contributed by atoms with van der Waals surface area (Å²) < 4.78 is 15.3. The number of benzene rings is 1. The summed E-state index contributed by atoms with van der Waals surface area (Å²) in [6.45, 7) is -0.256. The zero-order valence-corrected chi connectivity index (χ0v) is 10.7. The first kappa shape index (κ1) is 13.3. The van der Waals surface area contributed by atoms with Gasteiger partial charge in [0.05, 0.1) is 20.8 Å². The molecule has 7 nitrogen and oxygen atoms in total. The summed E-state index contributed by atoms with van der Waals surface area (Å²) in [5.41, 5.74) is 6.30. The highest BCUT2D eigenvalue weighted by molar-refractivity contribution is 5.60. The fraction of sp³-hybridized carbons (Fsp3) is 0.333. The van der Waals surface area contributed by atoms with Crippen LogP contribution >= 0.6 is 0 Å². The molecule has 0 aliphatic heterocycles. The van der Waals surface area contributed by atoms with E-state index in [0.717, 1.165) is 0 Å². The van der Waals surface area contributed by atoms with E-state index in [1.54, 1.807) is 32.4 Å². The van der Waals surface area contributed by atoms with Crippen LogP contribution in [0.1, 0.15) is 11.9 Å². The van der Waals surface area contributed by atoms with Gasteiger partial charge in [-0.3, -0.25) is 0 Å². The number of aromatic nitrogens is 2. The zero-order valence-electron chi connectivity index (χ0n) is 10.7. The van der Waals surface area contributed by atoms with Crippen LogP contribution in [0.3, 0.4) is 0 Å². The van der Waals surface area contributed by atoms with Gasteiger partial charge in [-0.25, -0.2) is 0 Å². The SMILES string of the molecule is COc1ccc(-c2noc([C@H](N)CO)n2)cc1OC. The van der Waals surface area contributed by atoms with Gasteiger partial charge >= 0.3 is 0 Å². The van der Waals surface area contributed by atoms with E-state index < -0.39 is 6.04 Å². The van der Waals surface area contributed by atoms with Crippen LogP contribution in [0.4, 0.5) is 0 Å². The highest BCUT2D eigenvalue weighted by atomic mass is 16.5. The third kappa shape index (κ3) is 2.67. The van der Waals surface area contributed by atoms with Gasteiger partial charge in [0.15, 0.2) is 11.5 Å². The van der Waals surface area contributed by atoms with Gasteiger partial charge in [0, 0.05) is 5.56 Å². The first-order chi connectivity index (χ1) is 9.19. The number of hydrogen-bond acceptors (Lipinski definition) is 7. The molecule has 0 fully saturated rings. The Bertz CT molecular complexity index is 556. The van der Waals surface area contributed by atoms with Crippen LogP contribution in [0.2, 0.25) is 0 Å². The van der Waals surface area contributed by atoms with Gasteiger partial charge in [-0.1, -0.05) is 5.16 Å². The second kappa shape index (κ2) is 5.68. The molecule has 0 saturated carbocycles. The summed E-state index contributed by atoms with van der Waals surface area (Å²) in [4.78, 5) is 4.12. The van der Waals surface area contributed by atoms with Crippen LogP contribution in [0.25, 0.3) is 11.4 Å². The average Bonchev–Trinajstić information content (AvgIpc) is 2.95. The molecule has 7 heteroatoms. The Balaban J connectivity index is 2.34. The number of methoxy groups -OCH3 is 2. The van der Waals surface area contributed by atoms with Crippen molar-refractivity contribution < 1.29 is 19.1 Å². The molecule has 19 heavy (non-hydrogen) atoms. The van der Waals surface area contributed by atoms with Crippen molar-refractivity contribution in [3.8, 4) is 22.9 Å². The quantitative estimate of drug-likeness (QED) is 0.821. The van der Waals surface area contributed by atoms with Gasteiger partial charge in [-0.2, -0.15) is 4.98 Å². The monoisotopic (exact) mass is 265 g/mol. The number of nitrogens with zero attached hydrogens (tertiary/aromatic N) is 2. The van der Waals surface area contributed by atoms with E-state index in [9.17, 15) is 0 Å². The van der Waals surface area contributed by atoms with E-state index in [2.05, 4.69) is 10.1 Å². The molecule has 2 aromatic rings. The topological polar surface area (TPSA) is 104 Å². The standard InChI is InChI=1S/C12H15N3O4/c1-17-9-4-3-7(5-10(9)18-2)11-14-12(19-15-11)8(13)6-16/h3-5,8,16H,6,13H2,1-2H3/t8-/m1/s1. The van der Waals surface area contributed by atoms with Gasteiger partial charge in [0.1, 0.15) is 6.04 Å². The predicted octanol–water partition coefficient (Wildman–Crippen LogP) is 0.746. The van der Waals surface area contributed by atoms with Crippen LogP contribution in [-0.2, 0) is 0 Å². The Kier molecular flexibility index (Phi) is 3.98. The zero-order chi connectivity index (χ0) is 13.8. The molecule has 102 valence electrons. The second-order valence-corrected chi connectivity index (χ2v) is 3.82. The van der Waals surface area contributed by atoms with Gasteiger partial charge in [0.25, 0.3) is 0 Å². The number of rotatable bonds is 5. The minimum Gasteiger partial charge on any atom is -0.493 e. The average molecular weight is 265 g/mol. The molecule has 0 aliphatic rings. The smallest absolute Gasteiger partial charge is 0.246 e. The van der Waals surface area contributed by atoms with E-state index in [1.807, 2.05) is 0 Å². The molecule has 3 N–H and O–H groups in total. The molecule has 1 heterocycles. The molecule has 0 unspecified atom stereocenters. The summed E-state index contributed by atoms with van der Waals surface area (Å²) in [6.07, 6.45) is 0. The van der Waals surface area contributed by atoms with Crippen LogP contribution < -0.4 is 15.2 Å². The minimum atomic E-state index is -0.679. The maximum absolute atomic E-state index is 8.93. The second-order valence-electron chi connectivity index (χ2n) is 3.82. The Morgan fingerprint density at radius 2 is 2.05 bits per heavy atom. The number of nitrogens with two attached hydrogens (primary N) is 1. The highest BCUT2D eigenvalue weighted by Crippen LogP contribution is 2.31. The summed E-state index contributed by atoms with van der Waals surface area (Å²) in [5.74, 6) is 1.74. The lowest BCUT2D eigenvalue weighted by Crippen LogP contribution is -2.14. The Labute approximate surface area is 109 Å². The van der Waals surface area contributed by atoms with Crippen molar-refractivity contribution in [2.45, 2.75) is 6.04 Å². The molecule has 2 rings (SSSR count). The largest absolute Gasteiger partial charge is 0.493 e. The summed E-state index contributed by atoms with van der Waals surface area (Å²) in [7, 11) is 3.11. The van der Waals surface area contributed by atoms with Crippen LogP contribution in [0, 0.1) is 0 Å². The lowest BCUT2D eigenvalue weighted by molar-refractivity contribution is 0.237. The fourth-order valence-electron chi connectivity index (χ4n) is 1.56. The summed E-state index contributed by atoms with van der Waals surface area (Å²) >= 11 is 0. The fourth-order valence-corrected chi connectivity index (χ4v) is 1.56. The summed E-state index contributed by atoms with van der Waals surface area (Å²) in [5, 5.41) is 12.7. The summed E-state index contributed by atoms with van der Waals surface area (Å²) in [6, 6.07) is 4.58. The Morgan fingerprint density at radius 1 is 1.32 bits per heavy atom. The molecule has 1 aromatic heterocycles. The van der Waals surface area contributed by atoms with Crippen molar-refractivity contribution in [2.75, 3.05) is 20.8 Å². The molecule has 0 spiro atoms. The van der Waals surface area contributed by atoms with E-state index in [1.165, 1.54) is 0 Å². The molecule has 0 aliphatic carbocycles. The normalized spacial score (nSPS) is 12.2. The molecule has 1 aromatic carbocycles. The predicted molar refractivity (Wildman–Crippen MR) is 66.9 cm³/mol. The molecule has 0 bridgehead atoms.